The molecule has 0 bridgehead atoms. The Bertz CT molecular complexity index is 809. The largest absolute Gasteiger partial charge is 0.477 e. The highest BCUT2D eigenvalue weighted by Gasteiger charge is 2.14. The third-order valence-corrected chi connectivity index (χ3v) is 3.50. The molecule has 2 aromatic carbocycles. The molecule has 0 unspecified atom stereocenters. The van der Waals surface area contributed by atoms with E-state index in [-0.39, 0.29) is 5.56 Å². The Labute approximate surface area is 116 Å². The maximum absolute atomic E-state index is 11.1. The van der Waals surface area contributed by atoms with Crippen LogP contribution in [0.2, 0.25) is 0 Å². The molecule has 0 saturated carbocycles. The number of nitrogens with zero attached hydrogens (tertiary/aromatic N) is 1. The number of benzene rings is 2. The first-order valence-corrected chi connectivity index (χ1v) is 6.40. The Balaban J connectivity index is 2.22. The molecule has 0 amide bonds. The van der Waals surface area contributed by atoms with Gasteiger partial charge < -0.3 is 5.11 Å². The number of aromatic carboxylic acids is 1. The quantitative estimate of drug-likeness (QED) is 0.722. The molecule has 0 saturated heterocycles. The molecule has 0 aliphatic rings. The van der Waals surface area contributed by atoms with Crippen molar-refractivity contribution in [2.45, 2.75) is 6.92 Å². The van der Waals surface area contributed by atoms with Gasteiger partial charge in [0, 0.05) is 17.7 Å². The molecule has 0 aliphatic carbocycles. The first kappa shape index (κ1) is 12.4. The van der Waals surface area contributed by atoms with Crippen LogP contribution in [0.1, 0.15) is 15.9 Å². The van der Waals surface area contributed by atoms with E-state index in [9.17, 15) is 4.79 Å². The molecular weight excluding hydrogens is 250 g/mol. The summed E-state index contributed by atoms with van der Waals surface area (Å²) in [5, 5.41) is 11.4. The van der Waals surface area contributed by atoms with Crippen molar-refractivity contribution < 1.29 is 14.5 Å². The van der Waals surface area contributed by atoms with Gasteiger partial charge in [-0.25, -0.2) is 4.79 Å². The van der Waals surface area contributed by atoms with Crippen molar-refractivity contribution >= 4 is 16.7 Å². The van der Waals surface area contributed by atoms with Gasteiger partial charge in [-0.05, 0) is 29.8 Å². The first-order chi connectivity index (χ1) is 9.66. The number of hydrogen-bond donors (Lipinski definition) is 1. The molecule has 0 radical (unpaired) electrons. The van der Waals surface area contributed by atoms with Crippen LogP contribution in [0.3, 0.4) is 0 Å². The highest BCUT2D eigenvalue weighted by molar-refractivity contribution is 5.88. The second kappa shape index (κ2) is 4.78. The van der Waals surface area contributed by atoms with E-state index in [0.717, 1.165) is 11.3 Å². The summed E-state index contributed by atoms with van der Waals surface area (Å²) in [6.07, 6.45) is 3.50. The minimum atomic E-state index is -0.919. The van der Waals surface area contributed by atoms with Gasteiger partial charge in [0.25, 0.3) is 0 Å². The summed E-state index contributed by atoms with van der Waals surface area (Å²) >= 11 is 0. The number of carbonyl (C=O) groups is 1. The van der Waals surface area contributed by atoms with E-state index in [1.165, 1.54) is 10.8 Å². The molecule has 1 N–H and O–H groups in total. The van der Waals surface area contributed by atoms with Gasteiger partial charge >= 0.3 is 5.97 Å². The predicted octanol–water partition coefficient (Wildman–Crippen LogP) is 3.12. The molecule has 0 aliphatic heterocycles. The lowest BCUT2D eigenvalue weighted by Crippen LogP contribution is -2.31. The zero-order chi connectivity index (χ0) is 14.1. The Kier molecular flexibility index (Phi) is 2.95. The van der Waals surface area contributed by atoms with Crippen LogP contribution < -0.4 is 4.57 Å². The molecule has 0 fully saturated rings. The van der Waals surface area contributed by atoms with Crippen molar-refractivity contribution in [1.82, 2.24) is 0 Å². The predicted molar refractivity (Wildman–Crippen MR) is 77.2 cm³/mol. The lowest BCUT2D eigenvalue weighted by molar-refractivity contribution is -0.596. The number of aromatic nitrogens is 1. The average Bonchev–Trinajstić information content (AvgIpc) is 2.48. The van der Waals surface area contributed by atoms with Crippen LogP contribution in [0.5, 0.6) is 0 Å². The van der Waals surface area contributed by atoms with Crippen LogP contribution in [-0.2, 0) is 0 Å². The third kappa shape index (κ3) is 2.03. The molecule has 1 aromatic heterocycles. The van der Waals surface area contributed by atoms with E-state index in [1.807, 2.05) is 29.0 Å². The minimum absolute atomic E-state index is 0.278. The highest BCUT2D eigenvalue weighted by atomic mass is 16.4. The van der Waals surface area contributed by atoms with Crippen molar-refractivity contribution in [1.29, 1.82) is 0 Å². The molecule has 0 spiro atoms. The van der Waals surface area contributed by atoms with Crippen LogP contribution in [-0.4, -0.2) is 11.1 Å². The van der Waals surface area contributed by atoms with Gasteiger partial charge in [-0.2, -0.15) is 4.57 Å². The van der Waals surface area contributed by atoms with Crippen LogP contribution in [0.15, 0.2) is 60.9 Å². The van der Waals surface area contributed by atoms with Crippen molar-refractivity contribution in [3.8, 4) is 5.69 Å². The highest BCUT2D eigenvalue weighted by Crippen LogP contribution is 2.21. The summed E-state index contributed by atoms with van der Waals surface area (Å²) in [5.74, 6) is -0.919. The van der Waals surface area contributed by atoms with E-state index in [2.05, 4.69) is 25.1 Å². The van der Waals surface area contributed by atoms with Crippen molar-refractivity contribution in [3.05, 3.63) is 72.1 Å². The SMILES string of the molecule is Cc1c(-[n+]2cccc(C(=O)O)c2)ccc2ccccc12. The maximum Gasteiger partial charge on any atom is 0.341 e. The lowest BCUT2D eigenvalue weighted by Gasteiger charge is -2.05. The molecule has 0 atom stereocenters. The van der Waals surface area contributed by atoms with Crippen LogP contribution in [0, 0.1) is 6.92 Å². The molecule has 3 rings (SSSR count). The number of carboxylic acids is 1. The summed E-state index contributed by atoms with van der Waals surface area (Å²) in [7, 11) is 0. The van der Waals surface area contributed by atoms with Crippen molar-refractivity contribution in [2.75, 3.05) is 0 Å². The Morgan fingerprint density at radius 1 is 1.05 bits per heavy atom. The van der Waals surface area contributed by atoms with E-state index in [1.54, 1.807) is 18.3 Å². The van der Waals surface area contributed by atoms with Crippen molar-refractivity contribution in [3.63, 3.8) is 0 Å². The van der Waals surface area contributed by atoms with E-state index in [0.29, 0.717) is 0 Å². The van der Waals surface area contributed by atoms with E-state index in [4.69, 9.17) is 5.11 Å². The standard InChI is InChI=1S/C17H13NO2/c1-12-15-7-3-2-5-13(15)8-9-16(12)18-10-4-6-14(11-18)17(19)20/h2-11H,1H3/p+1. The Morgan fingerprint density at radius 2 is 1.85 bits per heavy atom. The summed E-state index contributed by atoms with van der Waals surface area (Å²) in [6, 6.07) is 15.6. The topological polar surface area (TPSA) is 41.2 Å². The van der Waals surface area contributed by atoms with Gasteiger partial charge in [0.2, 0.25) is 5.69 Å². The zero-order valence-corrected chi connectivity index (χ0v) is 11.1. The Hall–Kier alpha value is -2.68. The van der Waals surface area contributed by atoms with E-state index < -0.39 is 5.97 Å². The van der Waals surface area contributed by atoms with E-state index >= 15 is 0 Å². The van der Waals surface area contributed by atoms with Gasteiger partial charge in [0.1, 0.15) is 5.56 Å². The van der Waals surface area contributed by atoms with Gasteiger partial charge in [-0.15, -0.1) is 0 Å². The van der Waals surface area contributed by atoms with Gasteiger partial charge in [-0.3, -0.25) is 0 Å². The maximum atomic E-state index is 11.1. The second-order valence-corrected chi connectivity index (χ2v) is 4.74. The lowest BCUT2D eigenvalue weighted by atomic mass is 10.0. The van der Waals surface area contributed by atoms with Crippen LogP contribution in [0.4, 0.5) is 0 Å². The normalized spacial score (nSPS) is 10.7. The fraction of sp³-hybridized carbons (Fsp3) is 0.0588. The average molecular weight is 264 g/mol. The molecule has 98 valence electrons. The molecule has 1 heterocycles. The number of hydrogen-bond acceptors (Lipinski definition) is 1. The first-order valence-electron chi connectivity index (χ1n) is 6.40. The van der Waals surface area contributed by atoms with Crippen LogP contribution >= 0.6 is 0 Å². The van der Waals surface area contributed by atoms with Gasteiger partial charge in [0.15, 0.2) is 12.4 Å². The number of rotatable bonds is 2. The summed E-state index contributed by atoms with van der Waals surface area (Å²) in [4.78, 5) is 11.1. The monoisotopic (exact) mass is 264 g/mol. The van der Waals surface area contributed by atoms with Crippen LogP contribution in [0.25, 0.3) is 16.5 Å². The Morgan fingerprint density at radius 3 is 2.65 bits per heavy atom. The number of carboxylic acid groups (broad SMARTS) is 1. The molecular formula is C17H14NO2+. The molecule has 3 nitrogen and oxygen atoms in total. The molecule has 20 heavy (non-hydrogen) atoms. The van der Waals surface area contributed by atoms with Crippen molar-refractivity contribution in [2.24, 2.45) is 0 Å². The minimum Gasteiger partial charge on any atom is -0.477 e. The summed E-state index contributed by atoms with van der Waals surface area (Å²) in [5.41, 5.74) is 2.41. The fourth-order valence-electron chi connectivity index (χ4n) is 2.45. The zero-order valence-electron chi connectivity index (χ0n) is 11.1. The van der Waals surface area contributed by atoms with Gasteiger partial charge in [-0.1, -0.05) is 24.3 Å². The fourth-order valence-corrected chi connectivity index (χ4v) is 2.45. The summed E-state index contributed by atoms with van der Waals surface area (Å²) in [6.45, 7) is 2.05. The molecule has 3 heteroatoms. The number of pyridine rings is 1. The smallest absolute Gasteiger partial charge is 0.341 e. The van der Waals surface area contributed by atoms with Gasteiger partial charge in [0.05, 0.1) is 0 Å². The molecule has 3 aromatic rings. The number of aryl methyl sites for hydroxylation is 1. The second-order valence-electron chi connectivity index (χ2n) is 4.74. The third-order valence-electron chi connectivity index (χ3n) is 3.50. The number of fused-ring (bicyclic) bond motifs is 1. The summed E-state index contributed by atoms with van der Waals surface area (Å²) < 4.78 is 1.85.